The van der Waals surface area contributed by atoms with Crippen molar-refractivity contribution in [2.45, 2.75) is 26.9 Å². The summed E-state index contributed by atoms with van der Waals surface area (Å²) in [6, 6.07) is 2.64. The molecule has 0 aliphatic heterocycles. The summed E-state index contributed by atoms with van der Waals surface area (Å²) in [5.74, 6) is -0.560. The molecule has 1 aromatic rings. The Hall–Kier alpha value is -1.98. The van der Waals surface area contributed by atoms with Crippen LogP contribution in [0.5, 0.6) is 5.75 Å². The number of halogens is 1. The largest absolute Gasteiger partial charge is 0.488 e. The molecule has 0 aliphatic rings. The van der Waals surface area contributed by atoms with E-state index >= 15 is 0 Å². The summed E-state index contributed by atoms with van der Waals surface area (Å²) in [5.41, 5.74) is 6.40. The van der Waals surface area contributed by atoms with Crippen molar-refractivity contribution in [1.82, 2.24) is 5.32 Å². The highest BCUT2D eigenvalue weighted by Crippen LogP contribution is 2.28. The van der Waals surface area contributed by atoms with Crippen molar-refractivity contribution in [3.63, 3.8) is 0 Å². The van der Waals surface area contributed by atoms with E-state index in [2.05, 4.69) is 10.6 Å². The van der Waals surface area contributed by atoms with Gasteiger partial charge in [-0.05, 0) is 20.8 Å². The Morgan fingerprint density at radius 3 is 2.74 bits per heavy atom. The van der Waals surface area contributed by atoms with Crippen molar-refractivity contribution in [3.05, 3.63) is 17.9 Å². The molecule has 19 heavy (non-hydrogen) atoms. The second kappa shape index (κ2) is 6.82. The first-order chi connectivity index (χ1) is 8.93. The molecule has 0 heterocycles. The maximum atomic E-state index is 13.6. The summed E-state index contributed by atoms with van der Waals surface area (Å²) in [6.45, 7) is 6.07. The number of anilines is 2. The Labute approximate surface area is 112 Å². The van der Waals surface area contributed by atoms with E-state index in [0.29, 0.717) is 12.2 Å². The van der Waals surface area contributed by atoms with Gasteiger partial charge in [-0.3, -0.25) is 4.79 Å². The summed E-state index contributed by atoms with van der Waals surface area (Å²) in [4.78, 5) is 11.3. The Balaban J connectivity index is 2.79. The SMILES string of the molecule is CCNC(=O)CNc1cc(OC(C)C)c(F)cc1N. The third-order valence-electron chi connectivity index (χ3n) is 2.28. The summed E-state index contributed by atoms with van der Waals surface area (Å²) in [5, 5.41) is 5.50. The lowest BCUT2D eigenvalue weighted by Crippen LogP contribution is -2.29. The van der Waals surface area contributed by atoms with Gasteiger partial charge in [-0.15, -0.1) is 0 Å². The van der Waals surface area contributed by atoms with Gasteiger partial charge in [0.25, 0.3) is 0 Å². The topological polar surface area (TPSA) is 76.4 Å². The average molecular weight is 269 g/mol. The monoisotopic (exact) mass is 269 g/mol. The van der Waals surface area contributed by atoms with Crippen molar-refractivity contribution in [2.75, 3.05) is 24.1 Å². The molecule has 0 bridgehead atoms. The fourth-order valence-electron chi connectivity index (χ4n) is 1.50. The molecule has 0 radical (unpaired) electrons. The standard InChI is InChI=1S/C13H20FN3O2/c1-4-16-13(18)7-17-11-6-12(19-8(2)3)9(14)5-10(11)15/h5-6,8,17H,4,7,15H2,1-3H3,(H,16,18). The maximum Gasteiger partial charge on any atom is 0.239 e. The first-order valence-corrected chi connectivity index (χ1v) is 6.20. The molecule has 0 saturated carbocycles. The van der Waals surface area contributed by atoms with Crippen LogP contribution in [0.15, 0.2) is 12.1 Å². The number of benzene rings is 1. The molecular weight excluding hydrogens is 249 g/mol. The third-order valence-corrected chi connectivity index (χ3v) is 2.28. The van der Waals surface area contributed by atoms with Gasteiger partial charge in [0.05, 0.1) is 24.0 Å². The van der Waals surface area contributed by atoms with Gasteiger partial charge in [-0.25, -0.2) is 4.39 Å². The van der Waals surface area contributed by atoms with Crippen molar-refractivity contribution >= 4 is 17.3 Å². The normalized spacial score (nSPS) is 10.4. The highest BCUT2D eigenvalue weighted by molar-refractivity contribution is 5.82. The van der Waals surface area contributed by atoms with Crippen LogP contribution < -0.4 is 21.1 Å². The van der Waals surface area contributed by atoms with Crippen molar-refractivity contribution in [3.8, 4) is 5.75 Å². The zero-order valence-corrected chi connectivity index (χ0v) is 11.4. The van der Waals surface area contributed by atoms with E-state index < -0.39 is 5.82 Å². The lowest BCUT2D eigenvalue weighted by atomic mass is 10.2. The molecule has 0 atom stereocenters. The Bertz CT molecular complexity index is 450. The molecule has 4 N–H and O–H groups in total. The van der Waals surface area contributed by atoms with Crippen LogP contribution in [0.2, 0.25) is 0 Å². The number of amides is 1. The number of carbonyl (C=O) groups excluding carboxylic acids is 1. The van der Waals surface area contributed by atoms with Crippen molar-refractivity contribution in [1.29, 1.82) is 0 Å². The predicted molar refractivity (Wildman–Crippen MR) is 73.7 cm³/mol. The van der Waals surface area contributed by atoms with Gasteiger partial charge in [0.15, 0.2) is 11.6 Å². The average Bonchev–Trinajstić information content (AvgIpc) is 2.31. The molecule has 5 nitrogen and oxygen atoms in total. The molecule has 1 amide bonds. The number of hydrogen-bond acceptors (Lipinski definition) is 4. The smallest absolute Gasteiger partial charge is 0.239 e. The first-order valence-electron chi connectivity index (χ1n) is 6.20. The number of nitrogen functional groups attached to an aromatic ring is 1. The number of nitrogens with two attached hydrogens (primary N) is 1. The fraction of sp³-hybridized carbons (Fsp3) is 0.462. The number of rotatable bonds is 6. The molecule has 0 aromatic heterocycles. The van der Waals surface area contributed by atoms with Crippen LogP contribution in [-0.2, 0) is 4.79 Å². The molecular formula is C13H20FN3O2. The molecule has 0 unspecified atom stereocenters. The van der Waals surface area contributed by atoms with Crippen LogP contribution >= 0.6 is 0 Å². The zero-order valence-electron chi connectivity index (χ0n) is 11.4. The van der Waals surface area contributed by atoms with Gasteiger partial charge < -0.3 is 21.1 Å². The van der Waals surface area contributed by atoms with Crippen LogP contribution in [-0.4, -0.2) is 25.1 Å². The maximum absolute atomic E-state index is 13.6. The van der Waals surface area contributed by atoms with E-state index in [-0.39, 0.29) is 30.0 Å². The van der Waals surface area contributed by atoms with Crippen LogP contribution in [0.1, 0.15) is 20.8 Å². The van der Waals surface area contributed by atoms with Crippen LogP contribution in [0.25, 0.3) is 0 Å². The minimum absolute atomic E-state index is 0.0742. The summed E-state index contributed by atoms with van der Waals surface area (Å²) < 4.78 is 18.9. The van der Waals surface area contributed by atoms with E-state index in [1.54, 1.807) is 13.8 Å². The van der Waals surface area contributed by atoms with Crippen molar-refractivity contribution < 1.29 is 13.9 Å². The van der Waals surface area contributed by atoms with E-state index in [4.69, 9.17) is 10.5 Å². The summed E-state index contributed by atoms with van der Waals surface area (Å²) in [7, 11) is 0. The highest BCUT2D eigenvalue weighted by atomic mass is 19.1. The molecule has 106 valence electrons. The lowest BCUT2D eigenvalue weighted by molar-refractivity contribution is -0.119. The summed E-state index contributed by atoms with van der Waals surface area (Å²) >= 11 is 0. The quantitative estimate of drug-likeness (QED) is 0.688. The van der Waals surface area contributed by atoms with Gasteiger partial charge in [0.2, 0.25) is 5.91 Å². The van der Waals surface area contributed by atoms with Gasteiger partial charge in [-0.2, -0.15) is 0 Å². The molecule has 6 heteroatoms. The van der Waals surface area contributed by atoms with E-state index in [0.717, 1.165) is 0 Å². The molecule has 0 aliphatic carbocycles. The summed E-state index contributed by atoms with van der Waals surface area (Å²) in [6.07, 6.45) is -0.144. The minimum Gasteiger partial charge on any atom is -0.488 e. The second-order valence-corrected chi connectivity index (χ2v) is 4.34. The van der Waals surface area contributed by atoms with Crippen LogP contribution in [0, 0.1) is 5.82 Å². The highest BCUT2D eigenvalue weighted by Gasteiger charge is 2.11. The third kappa shape index (κ3) is 4.65. The van der Waals surface area contributed by atoms with Crippen LogP contribution in [0.3, 0.4) is 0 Å². The fourth-order valence-corrected chi connectivity index (χ4v) is 1.50. The number of carbonyl (C=O) groups is 1. The first kappa shape index (κ1) is 15.1. The molecule has 0 spiro atoms. The number of hydrogen-bond donors (Lipinski definition) is 3. The lowest BCUT2D eigenvalue weighted by Gasteiger charge is -2.14. The van der Waals surface area contributed by atoms with Gasteiger partial charge >= 0.3 is 0 Å². The zero-order chi connectivity index (χ0) is 14.4. The van der Waals surface area contributed by atoms with Crippen LogP contribution in [0.4, 0.5) is 15.8 Å². The molecule has 0 fully saturated rings. The molecule has 1 aromatic carbocycles. The second-order valence-electron chi connectivity index (χ2n) is 4.34. The van der Waals surface area contributed by atoms with E-state index in [9.17, 15) is 9.18 Å². The number of likely N-dealkylation sites (N-methyl/N-ethyl adjacent to an activating group) is 1. The Morgan fingerprint density at radius 1 is 1.47 bits per heavy atom. The van der Waals surface area contributed by atoms with Gasteiger partial charge in [0.1, 0.15) is 0 Å². The number of ether oxygens (including phenoxy) is 1. The predicted octanol–water partition coefficient (Wildman–Crippen LogP) is 1.74. The molecule has 1 rings (SSSR count). The van der Waals surface area contributed by atoms with Gasteiger partial charge in [-0.1, -0.05) is 0 Å². The van der Waals surface area contributed by atoms with Gasteiger partial charge in [0, 0.05) is 18.7 Å². The minimum atomic E-state index is -0.519. The van der Waals surface area contributed by atoms with E-state index in [1.807, 2.05) is 6.92 Å². The Morgan fingerprint density at radius 2 is 2.16 bits per heavy atom. The molecule has 0 saturated heterocycles. The van der Waals surface area contributed by atoms with Crippen molar-refractivity contribution in [2.24, 2.45) is 0 Å². The Kier molecular flexibility index (Phi) is 5.41. The van der Waals surface area contributed by atoms with E-state index in [1.165, 1.54) is 12.1 Å². The number of nitrogens with one attached hydrogen (secondary N) is 2.